The standard InChI is InChI=1S/C22H18BrClF3N3O4S/c1-13-3-6-17(7-4-13)35(32,33)30(15-5-8-20(24)18(9-15)22(25,26)27)12-21(31)29-28-11-16-10-19(23)14(2)34-16/h3-11H,12H2,1-2H3,(H,29,31)/b28-11-. The molecule has 0 aliphatic heterocycles. The summed E-state index contributed by atoms with van der Waals surface area (Å²) in [7, 11) is -4.44. The zero-order chi connectivity index (χ0) is 26.0. The van der Waals surface area contributed by atoms with Gasteiger partial charge in [-0.15, -0.1) is 0 Å². The summed E-state index contributed by atoms with van der Waals surface area (Å²) in [5.41, 5.74) is 1.29. The number of sulfonamides is 1. The lowest BCUT2D eigenvalue weighted by molar-refractivity contribution is -0.137. The average molecular weight is 593 g/mol. The van der Waals surface area contributed by atoms with Crippen molar-refractivity contribution in [2.45, 2.75) is 24.9 Å². The Morgan fingerprint density at radius 2 is 1.83 bits per heavy atom. The van der Waals surface area contributed by atoms with Crippen LogP contribution in [0.25, 0.3) is 0 Å². The Morgan fingerprint density at radius 3 is 2.40 bits per heavy atom. The fourth-order valence-electron chi connectivity index (χ4n) is 2.92. The van der Waals surface area contributed by atoms with Crippen LogP contribution in [0.1, 0.15) is 22.6 Å². The summed E-state index contributed by atoms with van der Waals surface area (Å²) in [5, 5.41) is 3.11. The number of aryl methyl sites for hydroxylation is 2. The van der Waals surface area contributed by atoms with E-state index in [1.165, 1.54) is 30.5 Å². The Morgan fingerprint density at radius 1 is 1.17 bits per heavy atom. The molecule has 1 heterocycles. The van der Waals surface area contributed by atoms with E-state index in [2.05, 4.69) is 26.5 Å². The highest BCUT2D eigenvalue weighted by Gasteiger charge is 2.35. The lowest BCUT2D eigenvalue weighted by Crippen LogP contribution is -2.39. The number of furan rings is 1. The molecule has 13 heteroatoms. The SMILES string of the molecule is Cc1ccc(S(=O)(=O)N(CC(=O)N/N=C\c2cc(Br)c(C)o2)c2ccc(Cl)c(C(F)(F)F)c2)cc1. The number of carbonyl (C=O) groups is 1. The van der Waals surface area contributed by atoms with Crippen molar-refractivity contribution in [3.8, 4) is 0 Å². The van der Waals surface area contributed by atoms with Crippen LogP contribution in [0.5, 0.6) is 0 Å². The minimum absolute atomic E-state index is 0.209. The zero-order valence-corrected chi connectivity index (χ0v) is 21.4. The molecular formula is C22H18BrClF3N3O4S. The van der Waals surface area contributed by atoms with Gasteiger partial charge in [-0.2, -0.15) is 18.3 Å². The number of alkyl halides is 3. The molecule has 3 rings (SSSR count). The van der Waals surface area contributed by atoms with E-state index in [1.807, 2.05) is 0 Å². The monoisotopic (exact) mass is 591 g/mol. The Labute approximate surface area is 212 Å². The molecule has 35 heavy (non-hydrogen) atoms. The van der Waals surface area contributed by atoms with Gasteiger partial charge in [-0.05, 0) is 60.1 Å². The molecule has 0 aliphatic carbocycles. The molecule has 2 aromatic carbocycles. The summed E-state index contributed by atoms with van der Waals surface area (Å²) >= 11 is 8.94. The minimum Gasteiger partial charge on any atom is -0.459 e. The number of hydrogen-bond donors (Lipinski definition) is 1. The number of nitrogens with zero attached hydrogens (tertiary/aromatic N) is 2. The molecule has 0 saturated heterocycles. The van der Waals surface area contributed by atoms with Gasteiger partial charge in [0.05, 0.1) is 31.9 Å². The summed E-state index contributed by atoms with van der Waals surface area (Å²) in [6.07, 6.45) is -3.65. The number of carbonyl (C=O) groups excluding carboxylic acids is 1. The molecule has 0 atom stereocenters. The van der Waals surface area contributed by atoms with Crippen molar-refractivity contribution < 1.29 is 30.8 Å². The van der Waals surface area contributed by atoms with Crippen molar-refractivity contribution >= 4 is 55.4 Å². The second-order valence-corrected chi connectivity index (χ2v) is 10.5. The molecule has 0 unspecified atom stereocenters. The third-order valence-electron chi connectivity index (χ3n) is 4.70. The molecule has 0 aliphatic rings. The highest BCUT2D eigenvalue weighted by Crippen LogP contribution is 2.38. The van der Waals surface area contributed by atoms with Gasteiger partial charge in [0.25, 0.3) is 15.9 Å². The third-order valence-corrected chi connectivity index (χ3v) is 7.60. The molecule has 186 valence electrons. The second-order valence-electron chi connectivity index (χ2n) is 7.33. The normalized spacial score (nSPS) is 12.2. The van der Waals surface area contributed by atoms with Crippen LogP contribution in [0.3, 0.4) is 0 Å². The van der Waals surface area contributed by atoms with Gasteiger partial charge in [-0.25, -0.2) is 13.8 Å². The molecule has 3 aromatic rings. The first kappa shape index (κ1) is 26.8. The molecule has 0 saturated carbocycles. The maximum atomic E-state index is 13.4. The molecule has 1 N–H and O–H groups in total. The molecule has 0 radical (unpaired) electrons. The Kier molecular flexibility index (Phi) is 7.97. The van der Waals surface area contributed by atoms with Crippen LogP contribution in [-0.2, 0) is 21.0 Å². The first-order chi connectivity index (χ1) is 16.3. The van der Waals surface area contributed by atoms with Gasteiger partial charge in [0.2, 0.25) is 0 Å². The first-order valence-corrected chi connectivity index (χ1v) is 12.4. The van der Waals surface area contributed by atoms with Gasteiger partial charge >= 0.3 is 6.18 Å². The smallest absolute Gasteiger partial charge is 0.417 e. The van der Waals surface area contributed by atoms with Crippen molar-refractivity contribution in [3.05, 3.63) is 80.7 Å². The maximum absolute atomic E-state index is 13.4. The lowest BCUT2D eigenvalue weighted by Gasteiger charge is -2.25. The summed E-state index contributed by atoms with van der Waals surface area (Å²) in [4.78, 5) is 12.3. The second kappa shape index (κ2) is 10.4. The van der Waals surface area contributed by atoms with Crippen molar-refractivity contribution in [2.24, 2.45) is 5.10 Å². The Bertz CT molecular complexity index is 1350. The lowest BCUT2D eigenvalue weighted by atomic mass is 10.2. The summed E-state index contributed by atoms with van der Waals surface area (Å²) in [6, 6.07) is 9.84. The number of nitrogens with one attached hydrogen (secondary N) is 1. The Balaban J connectivity index is 1.95. The van der Waals surface area contributed by atoms with E-state index in [9.17, 15) is 26.4 Å². The summed E-state index contributed by atoms with van der Waals surface area (Å²) < 4.78 is 73.5. The molecule has 7 nitrogen and oxygen atoms in total. The van der Waals surface area contributed by atoms with Gasteiger partial charge in [0.15, 0.2) is 0 Å². The minimum atomic E-state index is -4.84. The molecule has 1 amide bonds. The highest BCUT2D eigenvalue weighted by atomic mass is 79.9. The van der Waals surface area contributed by atoms with Crippen molar-refractivity contribution in [1.29, 1.82) is 0 Å². The van der Waals surface area contributed by atoms with Crippen LogP contribution >= 0.6 is 27.5 Å². The van der Waals surface area contributed by atoms with E-state index in [1.54, 1.807) is 19.9 Å². The molecule has 0 spiro atoms. The van der Waals surface area contributed by atoms with Crippen LogP contribution < -0.4 is 9.73 Å². The number of amides is 1. The predicted molar refractivity (Wildman–Crippen MR) is 129 cm³/mol. The topological polar surface area (TPSA) is 92.0 Å². The van der Waals surface area contributed by atoms with E-state index in [4.69, 9.17) is 16.0 Å². The van der Waals surface area contributed by atoms with E-state index in [0.717, 1.165) is 17.7 Å². The highest BCUT2D eigenvalue weighted by molar-refractivity contribution is 9.10. The number of hydrogen-bond acceptors (Lipinski definition) is 5. The van der Waals surface area contributed by atoms with Crippen LogP contribution in [0.15, 0.2) is 67.4 Å². The quantitative estimate of drug-likeness (QED) is 0.282. The number of rotatable bonds is 7. The largest absolute Gasteiger partial charge is 0.459 e. The Hall–Kier alpha value is -2.83. The van der Waals surface area contributed by atoms with Crippen LogP contribution in [0, 0.1) is 13.8 Å². The van der Waals surface area contributed by atoms with Gasteiger partial charge in [0.1, 0.15) is 18.1 Å². The van der Waals surface area contributed by atoms with Crippen molar-refractivity contribution in [1.82, 2.24) is 5.43 Å². The van der Waals surface area contributed by atoms with E-state index >= 15 is 0 Å². The number of anilines is 1. The van der Waals surface area contributed by atoms with Gasteiger partial charge in [-0.1, -0.05) is 29.3 Å². The summed E-state index contributed by atoms with van der Waals surface area (Å²) in [6.45, 7) is 2.59. The van der Waals surface area contributed by atoms with E-state index in [0.29, 0.717) is 26.4 Å². The molecule has 1 aromatic heterocycles. The fraction of sp³-hybridized carbons (Fsp3) is 0.182. The van der Waals surface area contributed by atoms with Gasteiger partial charge < -0.3 is 4.42 Å². The zero-order valence-electron chi connectivity index (χ0n) is 18.2. The predicted octanol–water partition coefficient (Wildman–Crippen LogP) is 5.68. The van der Waals surface area contributed by atoms with E-state index < -0.39 is 44.9 Å². The maximum Gasteiger partial charge on any atom is 0.417 e. The van der Waals surface area contributed by atoms with Gasteiger partial charge in [0, 0.05) is 6.07 Å². The van der Waals surface area contributed by atoms with Crippen LogP contribution in [-0.4, -0.2) is 27.1 Å². The van der Waals surface area contributed by atoms with E-state index in [-0.39, 0.29) is 4.90 Å². The number of benzene rings is 2. The van der Waals surface area contributed by atoms with Crippen LogP contribution in [0.2, 0.25) is 5.02 Å². The average Bonchev–Trinajstić information content (AvgIpc) is 3.09. The molecular weight excluding hydrogens is 575 g/mol. The summed E-state index contributed by atoms with van der Waals surface area (Å²) in [5.74, 6) is -0.00883. The molecule has 0 fully saturated rings. The fourth-order valence-corrected chi connectivity index (χ4v) is 4.86. The number of hydrazone groups is 1. The van der Waals surface area contributed by atoms with Crippen LogP contribution in [0.4, 0.5) is 18.9 Å². The van der Waals surface area contributed by atoms with Crippen molar-refractivity contribution in [2.75, 3.05) is 10.8 Å². The molecule has 0 bridgehead atoms. The third kappa shape index (κ3) is 6.44. The number of halogens is 5. The van der Waals surface area contributed by atoms with Gasteiger partial charge in [-0.3, -0.25) is 9.10 Å². The van der Waals surface area contributed by atoms with Crippen molar-refractivity contribution in [3.63, 3.8) is 0 Å². The first-order valence-electron chi connectivity index (χ1n) is 9.83.